The Hall–Kier alpha value is -1.02. The van der Waals surface area contributed by atoms with Gasteiger partial charge in [0.2, 0.25) is 0 Å². The Bertz CT molecular complexity index is 330. The maximum absolute atomic E-state index is 5.85. The molecule has 0 aliphatic heterocycles. The summed E-state index contributed by atoms with van der Waals surface area (Å²) in [7, 11) is 0. The summed E-state index contributed by atoms with van der Waals surface area (Å²) in [4.78, 5) is 0. The van der Waals surface area contributed by atoms with Crippen LogP contribution in [0.25, 0.3) is 0 Å². The van der Waals surface area contributed by atoms with Crippen molar-refractivity contribution >= 4 is 0 Å². The molecule has 0 saturated heterocycles. The highest BCUT2D eigenvalue weighted by Gasteiger charge is 2.06. The molecule has 1 atom stereocenters. The molecular formula is C17H29NO. The smallest absolute Gasteiger partial charge is 0.119 e. The SMILES string of the molecule is CCCNC(C)c1ccc(OCC(CC)CC)cc1. The molecule has 0 heterocycles. The van der Waals surface area contributed by atoms with Crippen molar-refractivity contribution < 1.29 is 4.74 Å². The quantitative estimate of drug-likeness (QED) is 0.705. The maximum atomic E-state index is 5.85. The van der Waals surface area contributed by atoms with E-state index in [-0.39, 0.29) is 0 Å². The fourth-order valence-electron chi connectivity index (χ4n) is 2.07. The molecule has 0 aliphatic carbocycles. The maximum Gasteiger partial charge on any atom is 0.119 e. The van der Waals surface area contributed by atoms with E-state index in [0.29, 0.717) is 12.0 Å². The van der Waals surface area contributed by atoms with E-state index in [4.69, 9.17) is 4.74 Å². The lowest BCUT2D eigenvalue weighted by molar-refractivity contribution is 0.240. The van der Waals surface area contributed by atoms with Crippen LogP contribution in [0, 0.1) is 5.92 Å². The van der Waals surface area contributed by atoms with Gasteiger partial charge in [0.1, 0.15) is 5.75 Å². The molecule has 1 rings (SSSR count). The van der Waals surface area contributed by atoms with Crippen molar-refractivity contribution in [1.29, 1.82) is 0 Å². The molecule has 2 nitrogen and oxygen atoms in total. The minimum atomic E-state index is 0.410. The second-order valence-electron chi connectivity index (χ2n) is 5.24. The Morgan fingerprint density at radius 2 is 1.68 bits per heavy atom. The Morgan fingerprint density at radius 1 is 1.05 bits per heavy atom. The minimum absolute atomic E-state index is 0.410. The van der Waals surface area contributed by atoms with Gasteiger partial charge >= 0.3 is 0 Å². The van der Waals surface area contributed by atoms with Crippen LogP contribution in [0.3, 0.4) is 0 Å². The number of ether oxygens (including phenoxy) is 1. The summed E-state index contributed by atoms with van der Waals surface area (Å²) in [5, 5.41) is 3.50. The van der Waals surface area contributed by atoms with Crippen molar-refractivity contribution in [3.63, 3.8) is 0 Å². The van der Waals surface area contributed by atoms with E-state index >= 15 is 0 Å². The van der Waals surface area contributed by atoms with E-state index < -0.39 is 0 Å². The minimum Gasteiger partial charge on any atom is -0.493 e. The fraction of sp³-hybridized carbons (Fsp3) is 0.647. The Kier molecular flexibility index (Phi) is 7.57. The number of benzene rings is 1. The molecule has 1 unspecified atom stereocenters. The highest BCUT2D eigenvalue weighted by molar-refractivity contribution is 5.28. The summed E-state index contributed by atoms with van der Waals surface area (Å²) in [6.07, 6.45) is 3.54. The molecule has 0 fully saturated rings. The molecule has 0 amide bonds. The molecule has 0 bridgehead atoms. The summed E-state index contributed by atoms with van der Waals surface area (Å²) in [6, 6.07) is 8.91. The van der Waals surface area contributed by atoms with Crippen LogP contribution in [0.1, 0.15) is 58.6 Å². The van der Waals surface area contributed by atoms with Gasteiger partial charge in [-0.1, -0.05) is 45.7 Å². The Labute approximate surface area is 118 Å². The van der Waals surface area contributed by atoms with Gasteiger partial charge in [-0.3, -0.25) is 0 Å². The Morgan fingerprint density at radius 3 is 2.21 bits per heavy atom. The largest absolute Gasteiger partial charge is 0.493 e. The van der Waals surface area contributed by atoms with Crippen LogP contribution < -0.4 is 10.1 Å². The number of nitrogens with one attached hydrogen (secondary N) is 1. The van der Waals surface area contributed by atoms with Crippen molar-refractivity contribution in [3.05, 3.63) is 29.8 Å². The zero-order valence-corrected chi connectivity index (χ0v) is 12.9. The van der Waals surface area contributed by atoms with Crippen LogP contribution in [0.5, 0.6) is 5.75 Å². The van der Waals surface area contributed by atoms with Crippen LogP contribution in [0.15, 0.2) is 24.3 Å². The molecule has 0 aliphatic rings. The summed E-state index contributed by atoms with van der Waals surface area (Å²) in [6.45, 7) is 10.7. The first-order chi connectivity index (χ1) is 9.21. The predicted molar refractivity (Wildman–Crippen MR) is 82.7 cm³/mol. The third kappa shape index (κ3) is 5.65. The average molecular weight is 263 g/mol. The molecule has 19 heavy (non-hydrogen) atoms. The van der Waals surface area contributed by atoms with E-state index in [1.54, 1.807) is 0 Å². The standard InChI is InChI=1S/C17H29NO/c1-5-12-18-14(4)16-8-10-17(11-9-16)19-13-15(6-2)7-3/h8-11,14-15,18H,5-7,12-13H2,1-4H3. The molecule has 0 saturated carbocycles. The molecule has 0 spiro atoms. The van der Waals surface area contributed by atoms with E-state index in [1.807, 2.05) is 0 Å². The van der Waals surface area contributed by atoms with Crippen molar-refractivity contribution in [2.45, 2.75) is 53.0 Å². The first-order valence-corrected chi connectivity index (χ1v) is 7.67. The van der Waals surface area contributed by atoms with E-state index in [1.165, 1.54) is 24.8 Å². The molecule has 2 heteroatoms. The predicted octanol–water partition coefficient (Wildman–Crippen LogP) is 4.56. The third-order valence-electron chi connectivity index (χ3n) is 3.72. The molecule has 0 radical (unpaired) electrons. The van der Waals surface area contributed by atoms with Gasteiger partial charge in [0, 0.05) is 6.04 Å². The average Bonchev–Trinajstić information content (AvgIpc) is 2.46. The van der Waals surface area contributed by atoms with Gasteiger partial charge < -0.3 is 10.1 Å². The van der Waals surface area contributed by atoms with Gasteiger partial charge in [-0.15, -0.1) is 0 Å². The topological polar surface area (TPSA) is 21.3 Å². The highest BCUT2D eigenvalue weighted by Crippen LogP contribution is 2.19. The number of hydrogen-bond acceptors (Lipinski definition) is 2. The molecular weight excluding hydrogens is 234 g/mol. The summed E-state index contributed by atoms with van der Waals surface area (Å²) < 4.78 is 5.85. The first kappa shape index (κ1) is 16.0. The molecule has 0 aromatic heterocycles. The van der Waals surface area contributed by atoms with Crippen LogP contribution >= 0.6 is 0 Å². The van der Waals surface area contributed by atoms with Crippen molar-refractivity contribution in [3.8, 4) is 5.75 Å². The molecule has 1 aromatic carbocycles. The van der Waals surface area contributed by atoms with Crippen molar-refractivity contribution in [2.75, 3.05) is 13.2 Å². The van der Waals surface area contributed by atoms with Crippen LogP contribution in [0.4, 0.5) is 0 Å². The van der Waals surface area contributed by atoms with Gasteiger partial charge in [-0.25, -0.2) is 0 Å². The van der Waals surface area contributed by atoms with Crippen molar-refractivity contribution in [1.82, 2.24) is 5.32 Å². The van der Waals surface area contributed by atoms with Crippen molar-refractivity contribution in [2.24, 2.45) is 5.92 Å². The van der Waals surface area contributed by atoms with Gasteiger partial charge in [0.15, 0.2) is 0 Å². The number of hydrogen-bond donors (Lipinski definition) is 1. The fourth-order valence-corrected chi connectivity index (χ4v) is 2.07. The monoisotopic (exact) mass is 263 g/mol. The summed E-state index contributed by atoms with van der Waals surface area (Å²) >= 11 is 0. The molecule has 1 aromatic rings. The number of rotatable bonds is 9. The second-order valence-corrected chi connectivity index (χ2v) is 5.24. The highest BCUT2D eigenvalue weighted by atomic mass is 16.5. The van der Waals surface area contributed by atoms with Crippen LogP contribution in [0.2, 0.25) is 0 Å². The lowest BCUT2D eigenvalue weighted by Gasteiger charge is -2.16. The second kappa shape index (κ2) is 8.98. The summed E-state index contributed by atoms with van der Waals surface area (Å²) in [5.74, 6) is 1.66. The molecule has 1 N–H and O–H groups in total. The van der Waals surface area contributed by atoms with Crippen LogP contribution in [-0.4, -0.2) is 13.2 Å². The third-order valence-corrected chi connectivity index (χ3v) is 3.72. The first-order valence-electron chi connectivity index (χ1n) is 7.67. The lowest BCUT2D eigenvalue weighted by atomic mass is 10.1. The lowest BCUT2D eigenvalue weighted by Crippen LogP contribution is -2.19. The summed E-state index contributed by atoms with van der Waals surface area (Å²) in [5.41, 5.74) is 1.32. The molecule has 108 valence electrons. The van der Waals surface area contributed by atoms with E-state index in [2.05, 4.69) is 57.3 Å². The van der Waals surface area contributed by atoms with Gasteiger partial charge in [0.25, 0.3) is 0 Å². The van der Waals surface area contributed by atoms with Gasteiger partial charge in [-0.05, 0) is 43.5 Å². The van der Waals surface area contributed by atoms with Gasteiger partial charge in [0.05, 0.1) is 6.61 Å². The van der Waals surface area contributed by atoms with Gasteiger partial charge in [-0.2, -0.15) is 0 Å². The normalized spacial score (nSPS) is 12.7. The Balaban J connectivity index is 2.47. The van der Waals surface area contributed by atoms with E-state index in [9.17, 15) is 0 Å². The van der Waals surface area contributed by atoms with Crippen LogP contribution in [-0.2, 0) is 0 Å². The zero-order valence-electron chi connectivity index (χ0n) is 12.9. The zero-order chi connectivity index (χ0) is 14.1. The van der Waals surface area contributed by atoms with E-state index in [0.717, 1.165) is 18.9 Å².